The van der Waals surface area contributed by atoms with Gasteiger partial charge in [-0.25, -0.2) is 0 Å². The van der Waals surface area contributed by atoms with Crippen LogP contribution in [0.3, 0.4) is 0 Å². The van der Waals surface area contributed by atoms with E-state index in [2.05, 4.69) is 5.32 Å². The van der Waals surface area contributed by atoms with Crippen LogP contribution in [-0.4, -0.2) is 45.4 Å². The predicted molar refractivity (Wildman–Crippen MR) is 123 cm³/mol. The third-order valence-electron chi connectivity index (χ3n) is 4.85. The molecule has 1 heterocycles. The van der Waals surface area contributed by atoms with E-state index in [9.17, 15) is 9.59 Å². The van der Waals surface area contributed by atoms with Gasteiger partial charge in [-0.15, -0.1) is 0 Å². The Hall–Kier alpha value is -3.68. The Morgan fingerprint density at radius 1 is 1.06 bits per heavy atom. The maximum Gasteiger partial charge on any atom is 0.308 e. The van der Waals surface area contributed by atoms with Crippen LogP contribution in [0.15, 0.2) is 42.5 Å². The van der Waals surface area contributed by atoms with Gasteiger partial charge in [-0.2, -0.15) is 0 Å². The topological polar surface area (TPSA) is 92.3 Å². The van der Waals surface area contributed by atoms with E-state index in [1.165, 1.54) is 6.08 Å². The summed E-state index contributed by atoms with van der Waals surface area (Å²) in [5, 5.41) is 2.88. The lowest BCUT2D eigenvalue weighted by Gasteiger charge is -2.21. The minimum atomic E-state index is -0.561. The van der Waals surface area contributed by atoms with Crippen LogP contribution >= 0.6 is 0 Å². The zero-order valence-corrected chi connectivity index (χ0v) is 19.3. The molecule has 2 aromatic rings. The van der Waals surface area contributed by atoms with E-state index < -0.39 is 12.0 Å². The minimum absolute atomic E-state index is 0.00192. The highest BCUT2D eigenvalue weighted by molar-refractivity contribution is 5.92. The van der Waals surface area contributed by atoms with Gasteiger partial charge in [0.2, 0.25) is 11.7 Å². The molecule has 2 aromatic carbocycles. The van der Waals surface area contributed by atoms with Gasteiger partial charge in [0, 0.05) is 6.08 Å². The van der Waals surface area contributed by atoms with Crippen molar-refractivity contribution in [2.24, 2.45) is 0 Å². The Balaban J connectivity index is 1.75. The van der Waals surface area contributed by atoms with Crippen LogP contribution in [0.1, 0.15) is 37.4 Å². The summed E-state index contributed by atoms with van der Waals surface area (Å²) < 4.78 is 27.1. The van der Waals surface area contributed by atoms with Gasteiger partial charge in [0.1, 0.15) is 19.0 Å². The number of benzene rings is 2. The molecule has 1 atom stereocenters. The molecule has 0 saturated heterocycles. The van der Waals surface area contributed by atoms with Crippen LogP contribution in [0.25, 0.3) is 6.08 Å². The van der Waals surface area contributed by atoms with Gasteiger partial charge in [-0.1, -0.05) is 12.1 Å². The summed E-state index contributed by atoms with van der Waals surface area (Å²) in [6, 6.07) is 10.2. The summed E-state index contributed by atoms with van der Waals surface area (Å²) in [5.74, 6) is 1.57. The molecule has 8 nitrogen and oxygen atoms in total. The Bertz CT molecular complexity index is 981. The van der Waals surface area contributed by atoms with Crippen molar-refractivity contribution >= 4 is 18.0 Å². The van der Waals surface area contributed by atoms with Crippen molar-refractivity contribution in [1.29, 1.82) is 0 Å². The second kappa shape index (κ2) is 11.3. The van der Waals surface area contributed by atoms with E-state index in [0.29, 0.717) is 41.8 Å². The molecule has 8 heteroatoms. The van der Waals surface area contributed by atoms with Gasteiger partial charge in [0.25, 0.3) is 0 Å². The van der Waals surface area contributed by atoms with Crippen LogP contribution in [0, 0.1) is 0 Å². The summed E-state index contributed by atoms with van der Waals surface area (Å²) in [7, 11) is 3.12. The third-order valence-corrected chi connectivity index (χ3v) is 4.85. The molecule has 1 aliphatic rings. The highest BCUT2D eigenvalue weighted by atomic mass is 16.6. The first-order chi connectivity index (χ1) is 15.9. The van der Waals surface area contributed by atoms with Crippen LogP contribution in [0.2, 0.25) is 0 Å². The lowest BCUT2D eigenvalue weighted by molar-refractivity contribution is -0.148. The molecule has 1 unspecified atom stereocenters. The average Bonchev–Trinajstić information content (AvgIpc) is 2.81. The summed E-state index contributed by atoms with van der Waals surface area (Å²) >= 11 is 0. The molecule has 0 aliphatic carbocycles. The zero-order chi connectivity index (χ0) is 23.8. The molecule has 33 heavy (non-hydrogen) atoms. The van der Waals surface area contributed by atoms with Crippen LogP contribution in [0.4, 0.5) is 0 Å². The quantitative estimate of drug-likeness (QED) is 0.455. The van der Waals surface area contributed by atoms with Crippen molar-refractivity contribution in [1.82, 2.24) is 5.32 Å². The molecule has 0 radical (unpaired) electrons. The number of hydrogen-bond acceptors (Lipinski definition) is 7. The van der Waals surface area contributed by atoms with E-state index in [1.54, 1.807) is 58.4 Å². The summed E-state index contributed by atoms with van der Waals surface area (Å²) in [6.07, 6.45) is 2.81. The number of ether oxygens (including phenoxy) is 5. The fraction of sp³-hybridized carbons (Fsp3) is 0.360. The molecule has 0 saturated carbocycles. The molecule has 176 valence electrons. The fourth-order valence-electron chi connectivity index (χ4n) is 3.35. The third kappa shape index (κ3) is 6.65. The molecule has 0 bridgehead atoms. The van der Waals surface area contributed by atoms with Crippen LogP contribution in [0.5, 0.6) is 23.0 Å². The van der Waals surface area contributed by atoms with Crippen molar-refractivity contribution in [2.75, 3.05) is 27.4 Å². The molecule has 1 amide bonds. The molecule has 3 rings (SSSR count). The first-order valence-corrected chi connectivity index (χ1v) is 10.7. The summed E-state index contributed by atoms with van der Waals surface area (Å²) in [6.45, 7) is 4.46. The van der Waals surface area contributed by atoms with Crippen molar-refractivity contribution < 1.29 is 33.3 Å². The average molecular weight is 456 g/mol. The Kier molecular flexibility index (Phi) is 8.18. The van der Waals surface area contributed by atoms with Gasteiger partial charge in [-0.05, 0) is 55.3 Å². The SMILES string of the molecule is COc1ccc(C(CC(=O)OC(C)C)NC(=O)/C=C/c2cc(OC)c3c(c2)OCCO3)cc1. The number of nitrogens with one attached hydrogen (secondary N) is 1. The highest BCUT2D eigenvalue weighted by Gasteiger charge is 2.20. The first-order valence-electron chi connectivity index (χ1n) is 10.7. The minimum Gasteiger partial charge on any atom is -0.497 e. The van der Waals surface area contributed by atoms with Crippen LogP contribution < -0.4 is 24.3 Å². The standard InChI is InChI=1S/C25H29NO7/c1-16(2)33-24(28)15-20(18-6-8-19(29-3)9-7-18)26-23(27)10-5-17-13-21(30-4)25-22(14-17)31-11-12-32-25/h5-10,13-14,16,20H,11-12,15H2,1-4H3,(H,26,27)/b10-5+. The van der Waals surface area contributed by atoms with Gasteiger partial charge < -0.3 is 29.0 Å². The smallest absolute Gasteiger partial charge is 0.308 e. The highest BCUT2D eigenvalue weighted by Crippen LogP contribution is 2.40. The van der Waals surface area contributed by atoms with Gasteiger partial charge in [-0.3, -0.25) is 9.59 Å². The molecule has 0 spiro atoms. The van der Waals surface area contributed by atoms with Crippen molar-refractivity contribution in [3.63, 3.8) is 0 Å². The lowest BCUT2D eigenvalue weighted by Crippen LogP contribution is -2.29. The molecule has 0 aromatic heterocycles. The number of hydrogen-bond donors (Lipinski definition) is 1. The Morgan fingerprint density at radius 2 is 1.79 bits per heavy atom. The van der Waals surface area contributed by atoms with Gasteiger partial charge >= 0.3 is 5.97 Å². The van der Waals surface area contributed by atoms with E-state index in [1.807, 2.05) is 12.1 Å². The van der Waals surface area contributed by atoms with E-state index in [-0.39, 0.29) is 18.4 Å². The number of amides is 1. The van der Waals surface area contributed by atoms with E-state index >= 15 is 0 Å². The second-order valence-corrected chi connectivity index (χ2v) is 7.66. The van der Waals surface area contributed by atoms with E-state index in [4.69, 9.17) is 23.7 Å². The number of rotatable bonds is 9. The number of methoxy groups -OCH3 is 2. The van der Waals surface area contributed by atoms with E-state index in [0.717, 1.165) is 5.56 Å². The first kappa shape index (κ1) is 24.0. The number of carbonyl (C=O) groups excluding carboxylic acids is 2. The molecule has 0 fully saturated rings. The van der Waals surface area contributed by atoms with Crippen molar-refractivity contribution in [2.45, 2.75) is 32.4 Å². The largest absolute Gasteiger partial charge is 0.497 e. The fourth-order valence-corrected chi connectivity index (χ4v) is 3.35. The van der Waals surface area contributed by atoms with Crippen molar-refractivity contribution in [3.05, 3.63) is 53.6 Å². The molecule has 1 N–H and O–H groups in total. The van der Waals surface area contributed by atoms with Gasteiger partial charge in [0.15, 0.2) is 11.5 Å². The summed E-state index contributed by atoms with van der Waals surface area (Å²) in [5.41, 5.74) is 1.48. The monoisotopic (exact) mass is 455 g/mol. The maximum atomic E-state index is 12.7. The predicted octanol–water partition coefficient (Wildman–Crippen LogP) is 3.69. The van der Waals surface area contributed by atoms with Gasteiger partial charge in [0.05, 0.1) is 32.8 Å². The van der Waals surface area contributed by atoms with Crippen molar-refractivity contribution in [3.8, 4) is 23.0 Å². The molecular weight excluding hydrogens is 426 g/mol. The molecular formula is C25H29NO7. The summed E-state index contributed by atoms with van der Waals surface area (Å²) in [4.78, 5) is 25.0. The van der Waals surface area contributed by atoms with Crippen LogP contribution in [-0.2, 0) is 14.3 Å². The number of carbonyl (C=O) groups is 2. The Labute approximate surface area is 193 Å². The number of esters is 1. The lowest BCUT2D eigenvalue weighted by atomic mass is 10.0. The normalized spacial score (nSPS) is 13.5. The second-order valence-electron chi connectivity index (χ2n) is 7.66. The number of fused-ring (bicyclic) bond motifs is 1. The molecule has 1 aliphatic heterocycles. The maximum absolute atomic E-state index is 12.7. The Morgan fingerprint density at radius 3 is 2.45 bits per heavy atom. The zero-order valence-electron chi connectivity index (χ0n) is 19.3.